The van der Waals surface area contributed by atoms with E-state index in [4.69, 9.17) is 10.0 Å². The van der Waals surface area contributed by atoms with E-state index in [9.17, 15) is 0 Å². The van der Waals surface area contributed by atoms with Crippen molar-refractivity contribution in [1.82, 2.24) is 9.55 Å². The number of rotatable bonds is 2. The molecule has 5 heteroatoms. The minimum atomic E-state index is -1.46. The van der Waals surface area contributed by atoms with Gasteiger partial charge in [0, 0.05) is 23.5 Å². The molecule has 0 aliphatic rings. The summed E-state index contributed by atoms with van der Waals surface area (Å²) in [7, 11) is -1.46. The molecule has 0 aliphatic carbocycles. The Labute approximate surface area is 81.6 Å². The molecule has 4 nitrogen and oxygen atoms in total. The van der Waals surface area contributed by atoms with Crippen molar-refractivity contribution in [3.63, 3.8) is 0 Å². The average Bonchev–Trinajstić information content (AvgIpc) is 2.70. The summed E-state index contributed by atoms with van der Waals surface area (Å²) in [6, 6.07) is 7.06. The zero-order valence-corrected chi connectivity index (χ0v) is 7.41. The van der Waals surface area contributed by atoms with Crippen LogP contribution in [-0.2, 0) is 0 Å². The van der Waals surface area contributed by atoms with Crippen molar-refractivity contribution in [2.75, 3.05) is 0 Å². The molecule has 2 aromatic rings. The van der Waals surface area contributed by atoms with Crippen LogP contribution in [0.15, 0.2) is 43.0 Å². The van der Waals surface area contributed by atoms with Gasteiger partial charge in [-0.1, -0.05) is 18.2 Å². The Bertz CT molecular complexity index is 415. The van der Waals surface area contributed by atoms with Gasteiger partial charge >= 0.3 is 7.12 Å². The van der Waals surface area contributed by atoms with Crippen molar-refractivity contribution in [2.45, 2.75) is 0 Å². The lowest BCUT2D eigenvalue weighted by molar-refractivity contribution is 0.425. The standard InChI is InChI=1S/C9H9BN2O2/c13-10(14)8-3-1-2-4-9(8)12-6-5-11-7-12/h1-7,13-14H. The summed E-state index contributed by atoms with van der Waals surface area (Å²) in [4.78, 5) is 3.90. The smallest absolute Gasteiger partial charge is 0.423 e. The lowest BCUT2D eigenvalue weighted by Gasteiger charge is -2.08. The number of nitrogens with zero attached hydrogens (tertiary/aromatic N) is 2. The summed E-state index contributed by atoms with van der Waals surface area (Å²) in [5.74, 6) is 0. The fourth-order valence-corrected chi connectivity index (χ4v) is 1.34. The number of hydrogen-bond donors (Lipinski definition) is 2. The number of hydrogen-bond acceptors (Lipinski definition) is 3. The summed E-state index contributed by atoms with van der Waals surface area (Å²) in [6.45, 7) is 0. The van der Waals surface area contributed by atoms with E-state index in [-0.39, 0.29) is 0 Å². The minimum Gasteiger partial charge on any atom is -0.423 e. The largest absolute Gasteiger partial charge is 0.490 e. The van der Waals surface area contributed by atoms with Crippen LogP contribution in [0.3, 0.4) is 0 Å². The molecule has 2 rings (SSSR count). The summed E-state index contributed by atoms with van der Waals surface area (Å²) >= 11 is 0. The molecule has 0 fully saturated rings. The van der Waals surface area contributed by atoms with Gasteiger partial charge in [0.1, 0.15) is 0 Å². The monoisotopic (exact) mass is 188 g/mol. The van der Waals surface area contributed by atoms with E-state index >= 15 is 0 Å². The van der Waals surface area contributed by atoms with Gasteiger partial charge in [0.15, 0.2) is 0 Å². The molecule has 1 aromatic heterocycles. The summed E-state index contributed by atoms with van der Waals surface area (Å²) in [6.07, 6.45) is 5.00. The van der Waals surface area contributed by atoms with Crippen molar-refractivity contribution >= 4 is 12.6 Å². The Balaban J connectivity index is 2.53. The molecule has 0 bridgehead atoms. The fraction of sp³-hybridized carbons (Fsp3) is 0. The zero-order chi connectivity index (χ0) is 9.97. The van der Waals surface area contributed by atoms with Crippen molar-refractivity contribution < 1.29 is 10.0 Å². The highest BCUT2D eigenvalue weighted by molar-refractivity contribution is 6.60. The fourth-order valence-electron chi connectivity index (χ4n) is 1.34. The maximum absolute atomic E-state index is 9.13. The topological polar surface area (TPSA) is 58.3 Å². The first-order valence-corrected chi connectivity index (χ1v) is 4.22. The average molecular weight is 188 g/mol. The molecule has 0 radical (unpaired) electrons. The lowest BCUT2D eigenvalue weighted by Crippen LogP contribution is -2.32. The Hall–Kier alpha value is -1.59. The van der Waals surface area contributed by atoms with Crippen LogP contribution in [0.5, 0.6) is 0 Å². The maximum Gasteiger partial charge on any atom is 0.490 e. The van der Waals surface area contributed by atoms with Gasteiger partial charge in [-0.2, -0.15) is 0 Å². The van der Waals surface area contributed by atoms with Crippen molar-refractivity contribution in [3.8, 4) is 5.69 Å². The highest BCUT2D eigenvalue weighted by Crippen LogP contribution is 2.03. The van der Waals surface area contributed by atoms with Gasteiger partial charge in [-0.25, -0.2) is 4.98 Å². The molecule has 2 N–H and O–H groups in total. The molecule has 0 aliphatic heterocycles. The molecular formula is C9H9BN2O2. The van der Waals surface area contributed by atoms with E-state index in [1.54, 1.807) is 41.5 Å². The van der Waals surface area contributed by atoms with Crippen LogP contribution in [0.4, 0.5) is 0 Å². The second-order valence-corrected chi connectivity index (χ2v) is 2.90. The third-order valence-corrected chi connectivity index (χ3v) is 2.00. The van der Waals surface area contributed by atoms with Crippen LogP contribution >= 0.6 is 0 Å². The molecule has 1 aromatic carbocycles. The predicted molar refractivity (Wildman–Crippen MR) is 53.4 cm³/mol. The van der Waals surface area contributed by atoms with Crippen LogP contribution in [0.25, 0.3) is 5.69 Å². The molecule has 1 heterocycles. The van der Waals surface area contributed by atoms with Crippen molar-refractivity contribution in [1.29, 1.82) is 0 Å². The molecule has 0 amide bonds. The molecule has 0 saturated heterocycles. The van der Waals surface area contributed by atoms with Crippen molar-refractivity contribution in [3.05, 3.63) is 43.0 Å². The maximum atomic E-state index is 9.13. The number of benzene rings is 1. The number of para-hydroxylation sites is 1. The molecule has 0 atom stereocenters. The van der Waals surface area contributed by atoms with Gasteiger partial charge in [0.2, 0.25) is 0 Å². The third-order valence-electron chi connectivity index (χ3n) is 2.00. The van der Waals surface area contributed by atoms with Crippen LogP contribution in [0.1, 0.15) is 0 Å². The van der Waals surface area contributed by atoms with Crippen LogP contribution < -0.4 is 5.46 Å². The minimum absolute atomic E-state index is 0.463. The summed E-state index contributed by atoms with van der Waals surface area (Å²) in [5, 5.41) is 18.3. The van der Waals surface area contributed by atoms with E-state index in [0.717, 1.165) is 5.69 Å². The molecule has 0 saturated carbocycles. The Kier molecular flexibility index (Phi) is 2.34. The van der Waals surface area contributed by atoms with E-state index in [1.165, 1.54) is 0 Å². The van der Waals surface area contributed by atoms with Crippen LogP contribution in [0.2, 0.25) is 0 Å². The first-order valence-electron chi connectivity index (χ1n) is 4.22. The number of aromatic nitrogens is 2. The third kappa shape index (κ3) is 1.55. The van der Waals surface area contributed by atoms with Crippen LogP contribution in [-0.4, -0.2) is 26.7 Å². The van der Waals surface area contributed by atoms with Gasteiger partial charge < -0.3 is 14.6 Å². The molecule has 14 heavy (non-hydrogen) atoms. The zero-order valence-electron chi connectivity index (χ0n) is 7.41. The normalized spacial score (nSPS) is 10.1. The van der Waals surface area contributed by atoms with Gasteiger partial charge in [0.25, 0.3) is 0 Å². The SMILES string of the molecule is OB(O)c1ccccc1-n1ccnc1. The van der Waals surface area contributed by atoms with Gasteiger partial charge in [-0.05, 0) is 6.07 Å². The van der Waals surface area contributed by atoms with Crippen LogP contribution in [0, 0.1) is 0 Å². The molecule has 0 spiro atoms. The van der Waals surface area contributed by atoms with E-state index < -0.39 is 7.12 Å². The molecular weight excluding hydrogens is 179 g/mol. The lowest BCUT2D eigenvalue weighted by atomic mass is 9.79. The number of imidazole rings is 1. The first kappa shape index (κ1) is 8.99. The highest BCUT2D eigenvalue weighted by Gasteiger charge is 2.15. The quantitative estimate of drug-likeness (QED) is 0.627. The summed E-state index contributed by atoms with van der Waals surface area (Å²) in [5.41, 5.74) is 1.19. The van der Waals surface area contributed by atoms with Gasteiger partial charge in [0.05, 0.1) is 6.33 Å². The van der Waals surface area contributed by atoms with E-state index in [0.29, 0.717) is 5.46 Å². The Morgan fingerprint density at radius 3 is 2.64 bits per heavy atom. The van der Waals surface area contributed by atoms with E-state index in [2.05, 4.69) is 4.98 Å². The Morgan fingerprint density at radius 1 is 1.21 bits per heavy atom. The predicted octanol–water partition coefficient (Wildman–Crippen LogP) is -0.448. The Morgan fingerprint density at radius 2 is 2.00 bits per heavy atom. The van der Waals surface area contributed by atoms with Gasteiger partial charge in [-0.3, -0.25) is 0 Å². The second kappa shape index (κ2) is 3.65. The molecule has 0 unspecified atom stereocenters. The first-order chi connectivity index (χ1) is 6.79. The second-order valence-electron chi connectivity index (χ2n) is 2.90. The molecule has 70 valence electrons. The van der Waals surface area contributed by atoms with Gasteiger partial charge in [-0.15, -0.1) is 0 Å². The van der Waals surface area contributed by atoms with Crippen molar-refractivity contribution in [2.24, 2.45) is 0 Å². The summed E-state index contributed by atoms with van der Waals surface area (Å²) < 4.78 is 1.73. The highest BCUT2D eigenvalue weighted by atomic mass is 16.4. The van der Waals surface area contributed by atoms with E-state index in [1.807, 2.05) is 6.07 Å².